The van der Waals surface area contributed by atoms with Crippen LogP contribution >= 0.6 is 23.1 Å². The molecule has 1 saturated heterocycles. The summed E-state index contributed by atoms with van der Waals surface area (Å²) in [5.41, 5.74) is 2.57. The fourth-order valence-electron chi connectivity index (χ4n) is 2.54. The quantitative estimate of drug-likeness (QED) is 0.580. The van der Waals surface area contributed by atoms with Crippen LogP contribution in [0.1, 0.15) is 24.6 Å². The van der Waals surface area contributed by atoms with E-state index in [-0.39, 0.29) is 0 Å². The molecule has 0 spiro atoms. The maximum absolute atomic E-state index is 5.49. The van der Waals surface area contributed by atoms with Crippen molar-refractivity contribution >= 4 is 45.1 Å². The van der Waals surface area contributed by atoms with Crippen molar-refractivity contribution in [1.82, 2.24) is 9.97 Å². The van der Waals surface area contributed by atoms with Crippen LogP contribution in [0.25, 0.3) is 10.2 Å². The van der Waals surface area contributed by atoms with Crippen molar-refractivity contribution in [2.75, 3.05) is 28.8 Å². The molecule has 0 amide bonds. The average Bonchev–Trinajstić information content (AvgIpc) is 2.96. The zero-order valence-corrected chi connectivity index (χ0v) is 13.8. The predicted octanol–water partition coefficient (Wildman–Crippen LogP) is 3.09. The Hall–Kier alpha value is -1.05. The summed E-state index contributed by atoms with van der Waals surface area (Å²) in [6, 6.07) is 2.19. The highest BCUT2D eigenvalue weighted by Crippen LogP contribution is 2.31. The van der Waals surface area contributed by atoms with Crippen molar-refractivity contribution in [3.8, 4) is 0 Å². The van der Waals surface area contributed by atoms with E-state index >= 15 is 0 Å². The van der Waals surface area contributed by atoms with Crippen LogP contribution in [0, 0.1) is 5.92 Å². The van der Waals surface area contributed by atoms with Crippen LogP contribution in [0.15, 0.2) is 6.07 Å². The minimum Gasteiger partial charge on any atom is -0.369 e. The first kappa shape index (κ1) is 14.9. The summed E-state index contributed by atoms with van der Waals surface area (Å²) >= 11 is 3.77. The van der Waals surface area contributed by atoms with Gasteiger partial charge in [-0.15, -0.1) is 11.3 Å². The second-order valence-corrected chi connectivity index (χ2v) is 7.60. The molecule has 2 aromatic rings. The van der Waals surface area contributed by atoms with Crippen molar-refractivity contribution in [3.63, 3.8) is 0 Å². The topological polar surface area (TPSA) is 75.9 Å². The second kappa shape index (κ2) is 6.81. The number of nitrogens with two attached hydrogens (primary N) is 1. The normalized spacial score (nSPS) is 16.3. The molecule has 3 rings (SSSR count). The molecule has 0 unspecified atom stereocenters. The van der Waals surface area contributed by atoms with Gasteiger partial charge in [-0.25, -0.2) is 10.8 Å². The Labute approximate surface area is 133 Å². The molecule has 1 aliphatic rings. The van der Waals surface area contributed by atoms with Gasteiger partial charge in [-0.1, -0.05) is 6.92 Å². The molecule has 4 N–H and O–H groups in total. The molecule has 3 heterocycles. The molecule has 1 aliphatic heterocycles. The molecule has 114 valence electrons. The first-order valence-corrected chi connectivity index (χ1v) is 9.36. The lowest BCUT2D eigenvalue weighted by Gasteiger charge is -2.22. The third kappa shape index (κ3) is 3.41. The van der Waals surface area contributed by atoms with Crippen LogP contribution in [-0.4, -0.2) is 28.0 Å². The Morgan fingerprint density at radius 1 is 1.33 bits per heavy atom. The molecule has 0 atom stereocenters. The fraction of sp³-hybridized carbons (Fsp3) is 0.571. The van der Waals surface area contributed by atoms with Gasteiger partial charge in [-0.3, -0.25) is 5.43 Å². The summed E-state index contributed by atoms with van der Waals surface area (Å²) in [6.45, 7) is 3.14. The Balaban J connectivity index is 1.82. The van der Waals surface area contributed by atoms with Crippen molar-refractivity contribution < 1.29 is 0 Å². The molecular formula is C14H21N5S2. The highest BCUT2D eigenvalue weighted by atomic mass is 32.2. The maximum Gasteiger partial charge on any atom is 0.240 e. The van der Waals surface area contributed by atoms with Gasteiger partial charge in [0.05, 0.1) is 5.39 Å². The molecule has 0 aliphatic carbocycles. The van der Waals surface area contributed by atoms with Crippen molar-refractivity contribution in [2.24, 2.45) is 11.8 Å². The van der Waals surface area contributed by atoms with Crippen molar-refractivity contribution in [2.45, 2.75) is 26.2 Å². The largest absolute Gasteiger partial charge is 0.369 e. The van der Waals surface area contributed by atoms with Gasteiger partial charge in [0.1, 0.15) is 10.6 Å². The van der Waals surface area contributed by atoms with Crippen LogP contribution in [0.5, 0.6) is 0 Å². The molecule has 0 radical (unpaired) electrons. The van der Waals surface area contributed by atoms with Gasteiger partial charge >= 0.3 is 0 Å². The van der Waals surface area contributed by atoms with E-state index in [0.717, 1.165) is 34.9 Å². The first-order chi connectivity index (χ1) is 10.3. The second-order valence-electron chi connectivity index (χ2n) is 5.26. The number of aryl methyl sites for hydroxylation is 1. The van der Waals surface area contributed by atoms with Crippen molar-refractivity contribution in [3.05, 3.63) is 10.9 Å². The van der Waals surface area contributed by atoms with Gasteiger partial charge < -0.3 is 5.32 Å². The summed E-state index contributed by atoms with van der Waals surface area (Å²) in [4.78, 5) is 11.3. The summed E-state index contributed by atoms with van der Waals surface area (Å²) in [5.74, 6) is 10.2. The van der Waals surface area contributed by atoms with Crippen LogP contribution in [0.2, 0.25) is 0 Å². The summed E-state index contributed by atoms with van der Waals surface area (Å²) in [7, 11) is 0. The van der Waals surface area contributed by atoms with E-state index in [4.69, 9.17) is 5.84 Å². The fourth-order valence-corrected chi connectivity index (χ4v) is 4.71. The van der Waals surface area contributed by atoms with Gasteiger partial charge in [0.2, 0.25) is 5.95 Å². The van der Waals surface area contributed by atoms with Crippen molar-refractivity contribution in [1.29, 1.82) is 0 Å². The smallest absolute Gasteiger partial charge is 0.240 e. The lowest BCUT2D eigenvalue weighted by molar-refractivity contribution is 0.516. The number of aromatic nitrogens is 2. The molecule has 0 aromatic carbocycles. The molecule has 21 heavy (non-hydrogen) atoms. The molecular weight excluding hydrogens is 302 g/mol. The zero-order chi connectivity index (χ0) is 14.7. The predicted molar refractivity (Wildman–Crippen MR) is 93.1 cm³/mol. The number of nitrogens with one attached hydrogen (secondary N) is 2. The standard InChI is InChI=1S/C14H21N5S2/c1-2-10-7-11-12(16-8-9-3-5-20-6-4-9)17-14(19-15)18-13(11)21-10/h7,9H,2-6,8,15H2,1H3,(H2,16,17,18,19). The van der Waals surface area contributed by atoms with E-state index in [1.54, 1.807) is 11.3 Å². The highest BCUT2D eigenvalue weighted by molar-refractivity contribution is 7.99. The van der Waals surface area contributed by atoms with Gasteiger partial charge in [-0.2, -0.15) is 16.7 Å². The minimum atomic E-state index is 0.480. The third-order valence-electron chi connectivity index (χ3n) is 3.82. The third-order valence-corrected chi connectivity index (χ3v) is 6.04. The zero-order valence-electron chi connectivity index (χ0n) is 12.2. The number of nitrogens with zero attached hydrogens (tertiary/aromatic N) is 2. The lowest BCUT2D eigenvalue weighted by Crippen LogP contribution is -2.20. The number of anilines is 2. The SMILES string of the molecule is CCc1cc2c(NCC3CCSCC3)nc(NN)nc2s1. The summed E-state index contributed by atoms with van der Waals surface area (Å²) in [5, 5.41) is 4.63. The van der Waals surface area contributed by atoms with E-state index in [1.807, 2.05) is 0 Å². The number of nitrogen functional groups attached to an aromatic ring is 1. The van der Waals surface area contributed by atoms with Crippen LogP contribution < -0.4 is 16.6 Å². The van der Waals surface area contributed by atoms with Gasteiger partial charge in [-0.05, 0) is 42.8 Å². The van der Waals surface area contributed by atoms with Gasteiger partial charge in [0.25, 0.3) is 0 Å². The van der Waals surface area contributed by atoms with E-state index in [1.165, 1.54) is 29.2 Å². The summed E-state index contributed by atoms with van der Waals surface area (Å²) < 4.78 is 0. The van der Waals surface area contributed by atoms with Crippen LogP contribution in [0.4, 0.5) is 11.8 Å². The number of hydrazine groups is 1. The number of hydrogen-bond acceptors (Lipinski definition) is 7. The first-order valence-electron chi connectivity index (χ1n) is 7.39. The van der Waals surface area contributed by atoms with Crippen LogP contribution in [-0.2, 0) is 6.42 Å². The molecule has 7 heteroatoms. The molecule has 2 aromatic heterocycles. The number of thioether (sulfide) groups is 1. The van der Waals surface area contributed by atoms with E-state index in [2.05, 4.69) is 45.5 Å². The number of fused-ring (bicyclic) bond motifs is 1. The Kier molecular flexibility index (Phi) is 4.82. The number of rotatable bonds is 5. The monoisotopic (exact) mass is 323 g/mol. The molecule has 0 saturated carbocycles. The number of hydrogen-bond donors (Lipinski definition) is 3. The van der Waals surface area contributed by atoms with E-state index < -0.39 is 0 Å². The molecule has 0 bridgehead atoms. The van der Waals surface area contributed by atoms with Crippen LogP contribution in [0.3, 0.4) is 0 Å². The van der Waals surface area contributed by atoms with E-state index in [9.17, 15) is 0 Å². The van der Waals surface area contributed by atoms with Gasteiger partial charge in [0, 0.05) is 11.4 Å². The molecule has 1 fully saturated rings. The van der Waals surface area contributed by atoms with E-state index in [0.29, 0.717) is 5.95 Å². The van der Waals surface area contributed by atoms with Gasteiger partial charge in [0.15, 0.2) is 0 Å². The lowest BCUT2D eigenvalue weighted by atomic mass is 10.0. The minimum absolute atomic E-state index is 0.480. The Morgan fingerprint density at radius 3 is 2.86 bits per heavy atom. The highest BCUT2D eigenvalue weighted by Gasteiger charge is 2.16. The summed E-state index contributed by atoms with van der Waals surface area (Å²) in [6.07, 6.45) is 3.60. The number of thiophene rings is 1. The Bertz CT molecular complexity index is 607. The Morgan fingerprint density at radius 2 is 2.14 bits per heavy atom. The maximum atomic E-state index is 5.49. The average molecular weight is 323 g/mol. The molecule has 5 nitrogen and oxygen atoms in total.